The van der Waals surface area contributed by atoms with Crippen LogP contribution in [0, 0.1) is 9.49 Å². The average Bonchev–Trinajstić information content (AvgIpc) is 2.25. The van der Waals surface area contributed by atoms with Crippen molar-refractivity contribution in [2.45, 2.75) is 20.4 Å². The lowest BCUT2D eigenvalue weighted by Gasteiger charge is -2.11. The van der Waals surface area contributed by atoms with Crippen molar-refractivity contribution < 1.29 is 0 Å². The summed E-state index contributed by atoms with van der Waals surface area (Å²) in [7, 11) is 0. The number of hydrogen-bond donors (Lipinski definition) is 0. The molecule has 0 aliphatic carbocycles. The number of pyridine rings is 1. The summed E-state index contributed by atoms with van der Waals surface area (Å²) < 4.78 is 2.95. The molecule has 2 nitrogen and oxygen atoms in total. The van der Waals surface area contributed by atoms with E-state index >= 15 is 0 Å². The molecule has 1 aromatic heterocycles. The van der Waals surface area contributed by atoms with E-state index in [4.69, 9.17) is 0 Å². The van der Waals surface area contributed by atoms with Crippen molar-refractivity contribution in [3.05, 3.63) is 44.4 Å². The minimum absolute atomic E-state index is 0.115. The minimum atomic E-state index is 0.115. The standard InChI is InChI=1S/C13H14INO/c1-9(2)7-15-8-12(14)10-5-3-4-6-11(10)13(15)16/h3-6,8-9H,7H2,1-2H3. The second-order valence-corrected chi connectivity index (χ2v) is 5.54. The molecular formula is C13H14INO. The van der Waals surface area contributed by atoms with Gasteiger partial charge in [0, 0.05) is 27.1 Å². The van der Waals surface area contributed by atoms with Gasteiger partial charge in [0.2, 0.25) is 0 Å². The number of fused-ring (bicyclic) bond motifs is 1. The van der Waals surface area contributed by atoms with Crippen LogP contribution in [-0.2, 0) is 6.54 Å². The fourth-order valence-corrected chi connectivity index (χ4v) is 2.63. The Labute approximate surface area is 108 Å². The van der Waals surface area contributed by atoms with Crippen molar-refractivity contribution in [1.29, 1.82) is 0 Å². The normalized spacial score (nSPS) is 11.2. The summed E-state index contributed by atoms with van der Waals surface area (Å²) in [5.41, 5.74) is 0.115. The number of hydrogen-bond acceptors (Lipinski definition) is 1. The van der Waals surface area contributed by atoms with Crippen LogP contribution in [0.1, 0.15) is 13.8 Å². The van der Waals surface area contributed by atoms with Crippen LogP contribution in [0.15, 0.2) is 35.3 Å². The van der Waals surface area contributed by atoms with Crippen molar-refractivity contribution in [3.8, 4) is 0 Å². The molecule has 0 unspecified atom stereocenters. The number of nitrogens with zero attached hydrogens (tertiary/aromatic N) is 1. The summed E-state index contributed by atoms with van der Waals surface area (Å²) in [6.45, 7) is 5.02. The maximum Gasteiger partial charge on any atom is 0.258 e. The van der Waals surface area contributed by atoms with Crippen LogP contribution >= 0.6 is 22.6 Å². The van der Waals surface area contributed by atoms with Crippen LogP contribution in [0.2, 0.25) is 0 Å². The van der Waals surface area contributed by atoms with E-state index in [1.54, 1.807) is 0 Å². The topological polar surface area (TPSA) is 22.0 Å². The molecule has 16 heavy (non-hydrogen) atoms. The highest BCUT2D eigenvalue weighted by atomic mass is 127. The molecule has 2 aromatic rings. The fourth-order valence-electron chi connectivity index (χ4n) is 1.83. The monoisotopic (exact) mass is 327 g/mol. The minimum Gasteiger partial charge on any atom is -0.314 e. The Hall–Kier alpha value is -0.840. The lowest BCUT2D eigenvalue weighted by molar-refractivity contribution is 0.512. The third-order valence-corrected chi connectivity index (χ3v) is 3.37. The van der Waals surface area contributed by atoms with Crippen LogP contribution in [0.5, 0.6) is 0 Å². The van der Waals surface area contributed by atoms with Gasteiger partial charge >= 0.3 is 0 Å². The maximum atomic E-state index is 12.2. The molecule has 0 spiro atoms. The van der Waals surface area contributed by atoms with Crippen LogP contribution < -0.4 is 5.56 Å². The molecule has 0 radical (unpaired) electrons. The van der Waals surface area contributed by atoms with Gasteiger partial charge in [-0.3, -0.25) is 4.79 Å². The first-order chi connectivity index (χ1) is 7.59. The molecule has 0 aliphatic heterocycles. The Morgan fingerprint density at radius 2 is 1.88 bits per heavy atom. The molecule has 0 fully saturated rings. The van der Waals surface area contributed by atoms with E-state index in [9.17, 15) is 4.79 Å². The molecular weight excluding hydrogens is 313 g/mol. The maximum absolute atomic E-state index is 12.2. The second kappa shape index (κ2) is 4.57. The summed E-state index contributed by atoms with van der Waals surface area (Å²) >= 11 is 2.29. The quantitative estimate of drug-likeness (QED) is 0.776. The average molecular weight is 327 g/mol. The van der Waals surface area contributed by atoms with Gasteiger partial charge in [-0.1, -0.05) is 32.0 Å². The van der Waals surface area contributed by atoms with Gasteiger partial charge in [0.25, 0.3) is 5.56 Å². The predicted molar refractivity (Wildman–Crippen MR) is 75.8 cm³/mol. The van der Waals surface area contributed by atoms with Crippen LogP contribution in [0.25, 0.3) is 10.8 Å². The number of halogens is 1. The SMILES string of the molecule is CC(C)Cn1cc(I)c2ccccc2c1=O. The molecule has 0 N–H and O–H groups in total. The Bertz CT molecular complexity index is 572. The van der Waals surface area contributed by atoms with Crippen molar-refractivity contribution in [1.82, 2.24) is 4.57 Å². The van der Waals surface area contributed by atoms with Crippen molar-refractivity contribution >= 4 is 33.4 Å². The summed E-state index contributed by atoms with van der Waals surface area (Å²) in [5.74, 6) is 0.481. The molecule has 0 bridgehead atoms. The zero-order valence-electron chi connectivity index (χ0n) is 9.40. The smallest absolute Gasteiger partial charge is 0.258 e. The molecule has 0 atom stereocenters. The summed E-state index contributed by atoms with van der Waals surface area (Å²) in [6.07, 6.45) is 1.95. The van der Waals surface area contributed by atoms with Crippen molar-refractivity contribution in [2.24, 2.45) is 5.92 Å². The number of benzene rings is 1. The van der Waals surface area contributed by atoms with Gasteiger partial charge in [-0.15, -0.1) is 0 Å². The highest BCUT2D eigenvalue weighted by Gasteiger charge is 2.07. The fraction of sp³-hybridized carbons (Fsp3) is 0.308. The number of rotatable bonds is 2. The van der Waals surface area contributed by atoms with Crippen molar-refractivity contribution in [3.63, 3.8) is 0 Å². The Morgan fingerprint density at radius 3 is 2.50 bits per heavy atom. The van der Waals surface area contributed by atoms with Gasteiger partial charge in [-0.25, -0.2) is 0 Å². The molecule has 1 aromatic carbocycles. The molecule has 2 rings (SSSR count). The zero-order valence-corrected chi connectivity index (χ0v) is 11.6. The molecule has 3 heteroatoms. The van der Waals surface area contributed by atoms with Gasteiger partial charge in [0.1, 0.15) is 0 Å². The first-order valence-electron chi connectivity index (χ1n) is 5.37. The van der Waals surface area contributed by atoms with Crippen LogP contribution in [0.4, 0.5) is 0 Å². The van der Waals surface area contributed by atoms with Crippen LogP contribution in [-0.4, -0.2) is 4.57 Å². The third-order valence-electron chi connectivity index (χ3n) is 2.51. The zero-order chi connectivity index (χ0) is 11.7. The molecule has 0 amide bonds. The van der Waals surface area contributed by atoms with E-state index in [0.29, 0.717) is 5.92 Å². The first-order valence-corrected chi connectivity index (χ1v) is 6.45. The summed E-state index contributed by atoms with van der Waals surface area (Å²) in [5, 5.41) is 1.86. The van der Waals surface area contributed by atoms with E-state index < -0.39 is 0 Å². The molecule has 84 valence electrons. The van der Waals surface area contributed by atoms with E-state index in [-0.39, 0.29) is 5.56 Å². The Kier molecular flexibility index (Phi) is 3.33. The second-order valence-electron chi connectivity index (χ2n) is 4.37. The van der Waals surface area contributed by atoms with E-state index in [1.165, 1.54) is 0 Å². The van der Waals surface area contributed by atoms with Crippen LogP contribution in [0.3, 0.4) is 0 Å². The molecule has 1 heterocycles. The predicted octanol–water partition coefficient (Wildman–Crippen LogP) is 3.26. The first kappa shape index (κ1) is 11.6. The van der Waals surface area contributed by atoms with Gasteiger partial charge in [0.15, 0.2) is 0 Å². The molecule has 0 aliphatic rings. The van der Waals surface area contributed by atoms with Crippen molar-refractivity contribution in [2.75, 3.05) is 0 Å². The lowest BCUT2D eigenvalue weighted by Crippen LogP contribution is -2.22. The highest BCUT2D eigenvalue weighted by Crippen LogP contribution is 2.17. The Balaban J connectivity index is 2.71. The highest BCUT2D eigenvalue weighted by molar-refractivity contribution is 14.1. The lowest BCUT2D eigenvalue weighted by atomic mass is 10.1. The third kappa shape index (κ3) is 2.14. The largest absolute Gasteiger partial charge is 0.314 e. The van der Waals surface area contributed by atoms with E-state index in [0.717, 1.165) is 20.9 Å². The Morgan fingerprint density at radius 1 is 1.25 bits per heavy atom. The van der Waals surface area contributed by atoms with E-state index in [1.807, 2.05) is 35.0 Å². The van der Waals surface area contributed by atoms with Gasteiger partial charge in [0.05, 0.1) is 0 Å². The number of aromatic nitrogens is 1. The van der Waals surface area contributed by atoms with Gasteiger partial charge in [-0.2, -0.15) is 0 Å². The molecule has 0 saturated heterocycles. The summed E-state index contributed by atoms with van der Waals surface area (Å²) in [4.78, 5) is 12.2. The van der Waals surface area contributed by atoms with Gasteiger partial charge < -0.3 is 4.57 Å². The van der Waals surface area contributed by atoms with Gasteiger partial charge in [-0.05, 0) is 34.6 Å². The molecule has 0 saturated carbocycles. The summed E-state index contributed by atoms with van der Waals surface area (Å²) in [6, 6.07) is 7.78. The van der Waals surface area contributed by atoms with E-state index in [2.05, 4.69) is 36.4 Å².